The summed E-state index contributed by atoms with van der Waals surface area (Å²) in [5.74, 6) is 0.830. The fourth-order valence-electron chi connectivity index (χ4n) is 1.94. The monoisotopic (exact) mass is 231 g/mol. The molecule has 2 aliphatic heterocycles. The van der Waals surface area contributed by atoms with Gasteiger partial charge in [-0.15, -0.1) is 11.8 Å². The molecule has 0 radical (unpaired) electrons. The van der Waals surface area contributed by atoms with Crippen LogP contribution in [0.3, 0.4) is 0 Å². The van der Waals surface area contributed by atoms with Gasteiger partial charge < -0.3 is 21.1 Å². The Balaban J connectivity index is 2.06. The molecular formula is C9H17N3O2S. The molecule has 2 fully saturated rings. The van der Waals surface area contributed by atoms with E-state index >= 15 is 0 Å². The average Bonchev–Trinajstić information content (AvgIpc) is 2.58. The number of rotatable bonds is 2. The number of nitrogens with zero attached hydrogens (tertiary/aromatic N) is 1. The number of carbonyl (C=O) groups excluding carboxylic acids is 1. The fourth-order valence-corrected chi connectivity index (χ4v) is 3.34. The van der Waals surface area contributed by atoms with Gasteiger partial charge in [0.1, 0.15) is 10.9 Å². The number of amides is 1. The number of thioether (sulfide) groups is 1. The van der Waals surface area contributed by atoms with Gasteiger partial charge in [-0.25, -0.2) is 0 Å². The van der Waals surface area contributed by atoms with Crippen LogP contribution in [-0.4, -0.2) is 58.3 Å². The SMILES string of the molecule is C[C@@H](O)[C@H](N)C(=O)N1CCSC12CNC2. The molecule has 2 heterocycles. The number of aliphatic hydroxyl groups excluding tert-OH is 1. The molecule has 0 aromatic rings. The Hall–Kier alpha value is -0.300. The first kappa shape index (κ1) is 11.2. The Labute approximate surface area is 93.4 Å². The van der Waals surface area contributed by atoms with E-state index in [9.17, 15) is 9.90 Å². The van der Waals surface area contributed by atoms with Gasteiger partial charge in [0, 0.05) is 25.4 Å². The van der Waals surface area contributed by atoms with E-state index in [-0.39, 0.29) is 10.8 Å². The molecule has 2 atom stereocenters. The van der Waals surface area contributed by atoms with Gasteiger partial charge in [0.25, 0.3) is 0 Å². The van der Waals surface area contributed by atoms with Crippen LogP contribution in [0, 0.1) is 0 Å². The smallest absolute Gasteiger partial charge is 0.243 e. The van der Waals surface area contributed by atoms with Crippen molar-refractivity contribution in [3.05, 3.63) is 0 Å². The predicted octanol–water partition coefficient (Wildman–Crippen LogP) is -1.43. The third-order valence-electron chi connectivity index (χ3n) is 3.05. The highest BCUT2D eigenvalue weighted by atomic mass is 32.2. The summed E-state index contributed by atoms with van der Waals surface area (Å²) < 4.78 is 0. The Morgan fingerprint density at radius 2 is 2.33 bits per heavy atom. The van der Waals surface area contributed by atoms with E-state index in [1.165, 1.54) is 0 Å². The van der Waals surface area contributed by atoms with E-state index in [1.54, 1.807) is 18.7 Å². The summed E-state index contributed by atoms with van der Waals surface area (Å²) in [6.07, 6.45) is -0.784. The third-order valence-corrected chi connectivity index (χ3v) is 4.48. The lowest BCUT2D eigenvalue weighted by Gasteiger charge is -2.46. The molecule has 0 unspecified atom stereocenters. The van der Waals surface area contributed by atoms with Crippen LogP contribution in [-0.2, 0) is 4.79 Å². The van der Waals surface area contributed by atoms with Crippen molar-refractivity contribution in [2.45, 2.75) is 23.9 Å². The molecule has 86 valence electrons. The zero-order valence-corrected chi connectivity index (χ0v) is 9.59. The highest BCUT2D eigenvalue weighted by Gasteiger charge is 2.50. The summed E-state index contributed by atoms with van der Waals surface area (Å²) in [6, 6.07) is -0.791. The van der Waals surface area contributed by atoms with E-state index in [2.05, 4.69) is 5.32 Å². The van der Waals surface area contributed by atoms with Gasteiger partial charge in [0.15, 0.2) is 0 Å². The van der Waals surface area contributed by atoms with Crippen LogP contribution in [0.5, 0.6) is 0 Å². The van der Waals surface area contributed by atoms with Crippen LogP contribution in [0.4, 0.5) is 0 Å². The molecule has 0 aromatic heterocycles. The Bertz CT molecular complexity index is 268. The molecule has 0 bridgehead atoms. The number of carbonyl (C=O) groups is 1. The normalized spacial score (nSPS) is 27.5. The number of aliphatic hydroxyl groups is 1. The van der Waals surface area contributed by atoms with Crippen molar-refractivity contribution in [3.63, 3.8) is 0 Å². The van der Waals surface area contributed by atoms with Crippen molar-refractivity contribution in [2.24, 2.45) is 5.73 Å². The Morgan fingerprint density at radius 3 is 2.80 bits per heavy atom. The molecule has 15 heavy (non-hydrogen) atoms. The van der Waals surface area contributed by atoms with Crippen molar-refractivity contribution in [3.8, 4) is 0 Å². The molecule has 1 spiro atoms. The highest BCUT2D eigenvalue weighted by molar-refractivity contribution is 8.01. The van der Waals surface area contributed by atoms with Gasteiger partial charge in [0.05, 0.1) is 6.10 Å². The maximum atomic E-state index is 12.0. The van der Waals surface area contributed by atoms with Crippen molar-refractivity contribution >= 4 is 17.7 Å². The number of hydrogen-bond donors (Lipinski definition) is 3. The van der Waals surface area contributed by atoms with Crippen LogP contribution >= 0.6 is 11.8 Å². The lowest BCUT2D eigenvalue weighted by Crippen LogP contribution is -2.68. The molecule has 2 saturated heterocycles. The van der Waals surface area contributed by atoms with Crippen molar-refractivity contribution in [2.75, 3.05) is 25.4 Å². The van der Waals surface area contributed by atoms with Crippen LogP contribution in [0.25, 0.3) is 0 Å². The van der Waals surface area contributed by atoms with Crippen LogP contribution in [0.1, 0.15) is 6.92 Å². The molecule has 0 aromatic carbocycles. The first-order chi connectivity index (χ1) is 7.07. The summed E-state index contributed by atoms with van der Waals surface area (Å²) in [5, 5.41) is 12.5. The van der Waals surface area contributed by atoms with E-state index in [4.69, 9.17) is 5.73 Å². The van der Waals surface area contributed by atoms with Gasteiger partial charge in [0.2, 0.25) is 5.91 Å². The Kier molecular flexibility index (Phi) is 2.94. The fraction of sp³-hybridized carbons (Fsp3) is 0.889. The molecular weight excluding hydrogens is 214 g/mol. The molecule has 4 N–H and O–H groups in total. The predicted molar refractivity (Wildman–Crippen MR) is 59.4 cm³/mol. The first-order valence-corrected chi connectivity index (χ1v) is 6.15. The minimum atomic E-state index is -0.791. The quantitative estimate of drug-likeness (QED) is 0.543. The van der Waals surface area contributed by atoms with Crippen LogP contribution < -0.4 is 11.1 Å². The maximum Gasteiger partial charge on any atom is 0.243 e. The summed E-state index contributed by atoms with van der Waals surface area (Å²) >= 11 is 1.80. The Morgan fingerprint density at radius 1 is 1.67 bits per heavy atom. The summed E-state index contributed by atoms with van der Waals surface area (Å²) in [4.78, 5) is 13.7. The zero-order chi connectivity index (χ0) is 11.1. The molecule has 5 nitrogen and oxygen atoms in total. The van der Waals surface area contributed by atoms with Crippen molar-refractivity contribution in [1.29, 1.82) is 0 Å². The number of nitrogens with one attached hydrogen (secondary N) is 1. The molecule has 1 amide bonds. The summed E-state index contributed by atoms with van der Waals surface area (Å²) in [7, 11) is 0. The van der Waals surface area contributed by atoms with E-state index < -0.39 is 12.1 Å². The second kappa shape index (κ2) is 3.93. The molecule has 6 heteroatoms. The minimum absolute atomic E-state index is 0.0798. The van der Waals surface area contributed by atoms with Crippen LogP contribution in [0.2, 0.25) is 0 Å². The average molecular weight is 231 g/mol. The van der Waals surface area contributed by atoms with Crippen molar-refractivity contribution in [1.82, 2.24) is 10.2 Å². The first-order valence-electron chi connectivity index (χ1n) is 5.17. The maximum absolute atomic E-state index is 12.0. The number of nitrogens with two attached hydrogens (primary N) is 1. The lowest BCUT2D eigenvalue weighted by atomic mass is 10.1. The molecule has 2 rings (SSSR count). The molecule has 0 aliphatic carbocycles. The minimum Gasteiger partial charge on any atom is -0.391 e. The summed E-state index contributed by atoms with van der Waals surface area (Å²) in [6.45, 7) is 3.95. The second-order valence-corrected chi connectivity index (χ2v) is 5.61. The second-order valence-electron chi connectivity index (χ2n) is 4.15. The highest BCUT2D eigenvalue weighted by Crippen LogP contribution is 2.39. The number of hydrogen-bond acceptors (Lipinski definition) is 5. The van der Waals surface area contributed by atoms with Gasteiger partial charge in [-0.2, -0.15) is 0 Å². The van der Waals surface area contributed by atoms with E-state index in [0.29, 0.717) is 0 Å². The molecule has 0 saturated carbocycles. The van der Waals surface area contributed by atoms with Gasteiger partial charge in [-0.1, -0.05) is 0 Å². The topological polar surface area (TPSA) is 78.6 Å². The van der Waals surface area contributed by atoms with E-state index in [0.717, 1.165) is 25.4 Å². The van der Waals surface area contributed by atoms with Gasteiger partial charge in [-0.05, 0) is 6.92 Å². The standard InChI is InChI=1S/C9H17N3O2S/c1-6(13)7(10)8(14)12-2-3-15-9(12)4-11-5-9/h6-7,11,13H,2-5,10H2,1H3/t6-,7+/m1/s1. The van der Waals surface area contributed by atoms with Crippen LogP contribution in [0.15, 0.2) is 0 Å². The van der Waals surface area contributed by atoms with Crippen molar-refractivity contribution < 1.29 is 9.90 Å². The lowest BCUT2D eigenvalue weighted by molar-refractivity contribution is -0.138. The van der Waals surface area contributed by atoms with E-state index in [1.807, 2.05) is 4.90 Å². The zero-order valence-electron chi connectivity index (χ0n) is 8.77. The summed E-state index contributed by atoms with van der Waals surface area (Å²) in [5.41, 5.74) is 5.67. The molecule has 2 aliphatic rings. The third kappa shape index (κ3) is 1.75. The van der Waals surface area contributed by atoms with Gasteiger partial charge >= 0.3 is 0 Å². The largest absolute Gasteiger partial charge is 0.391 e. The van der Waals surface area contributed by atoms with Gasteiger partial charge in [-0.3, -0.25) is 4.79 Å².